The summed E-state index contributed by atoms with van der Waals surface area (Å²) in [6, 6.07) is 5.34. The molecule has 0 spiro atoms. The minimum absolute atomic E-state index is 0.0304. The molecule has 2 bridgehead atoms. The van der Waals surface area contributed by atoms with Crippen LogP contribution < -0.4 is 10.1 Å². The van der Waals surface area contributed by atoms with Gasteiger partial charge in [-0.05, 0) is 52.8 Å². The van der Waals surface area contributed by atoms with Gasteiger partial charge in [0.15, 0.2) is 5.82 Å². The predicted octanol–water partition coefficient (Wildman–Crippen LogP) is 4.60. The molecule has 2 aromatic heterocycles. The second-order valence-corrected chi connectivity index (χ2v) is 13.1. The summed E-state index contributed by atoms with van der Waals surface area (Å²) in [7, 11) is 18.2. The molecule has 4 aromatic rings. The average Bonchev–Trinajstić information content (AvgIpc) is 3.42. The molecule has 16 heteroatoms. The van der Waals surface area contributed by atoms with Gasteiger partial charge in [-0.25, -0.2) is 24.1 Å². The quantitative estimate of drug-likeness (QED) is 0.308. The molecule has 0 fully saturated rings. The van der Waals surface area contributed by atoms with Crippen LogP contribution in [0.1, 0.15) is 80.7 Å². The van der Waals surface area contributed by atoms with Gasteiger partial charge in [0.25, 0.3) is 5.91 Å². The molecular weight excluding hydrogens is 610 g/mol. The lowest BCUT2D eigenvalue weighted by Gasteiger charge is -2.41. The van der Waals surface area contributed by atoms with Gasteiger partial charge in [0.2, 0.25) is 0 Å². The number of benzene rings is 2. The Morgan fingerprint density at radius 1 is 1.04 bits per heavy atom. The summed E-state index contributed by atoms with van der Waals surface area (Å²) in [6.07, 6.45) is 2.33. The Kier molecular flexibility index (Phi) is 7.63. The Labute approximate surface area is 272 Å². The molecule has 0 aliphatic carbocycles. The van der Waals surface area contributed by atoms with Crippen molar-refractivity contribution in [2.45, 2.75) is 76.1 Å². The van der Waals surface area contributed by atoms with Crippen LogP contribution in [0.2, 0.25) is 0 Å². The van der Waals surface area contributed by atoms with E-state index in [1.807, 2.05) is 0 Å². The zero-order chi connectivity index (χ0) is 34.2. The molecule has 6 radical (unpaired) electrons. The number of hydrogen-bond acceptors (Lipinski definition) is 7. The Morgan fingerprint density at radius 2 is 1.72 bits per heavy atom. The summed E-state index contributed by atoms with van der Waals surface area (Å²) < 4.78 is 54.6. The number of amides is 2. The monoisotopic (exact) mass is 638 g/mol. The van der Waals surface area contributed by atoms with Crippen LogP contribution in [0.5, 0.6) is 5.75 Å². The summed E-state index contributed by atoms with van der Waals surface area (Å²) in [5.74, 6) is -0.992. The average molecular weight is 638 g/mol. The fourth-order valence-electron chi connectivity index (χ4n) is 6.20. The number of nitrogens with one attached hydrogen (secondary N) is 1. The van der Waals surface area contributed by atoms with Crippen molar-refractivity contribution in [3.8, 4) is 16.9 Å². The number of hydrogen-bond donors (Lipinski definition) is 1. The van der Waals surface area contributed by atoms with Crippen LogP contribution in [-0.4, -0.2) is 77.4 Å². The number of alkyl halides is 2. The number of rotatable bonds is 6. The predicted molar refractivity (Wildman–Crippen MR) is 168 cm³/mol. The largest absolute Gasteiger partial charge is 0.444 e. The van der Waals surface area contributed by atoms with E-state index in [1.165, 1.54) is 36.7 Å². The van der Waals surface area contributed by atoms with Crippen LogP contribution in [-0.2, 0) is 10.3 Å². The number of nitrogens with zero attached hydrogens (tertiary/aromatic N) is 5. The topological polar surface area (TPSA) is 111 Å². The molecule has 0 saturated carbocycles. The third kappa shape index (κ3) is 5.82. The van der Waals surface area contributed by atoms with E-state index < -0.39 is 52.9 Å². The highest BCUT2D eigenvalue weighted by molar-refractivity contribution is 6.60. The van der Waals surface area contributed by atoms with Gasteiger partial charge in [0.1, 0.15) is 23.0 Å². The van der Waals surface area contributed by atoms with Crippen LogP contribution in [0.4, 0.5) is 18.0 Å². The Bertz CT molecular complexity index is 1910. The standard InChI is InChI=1S/C31H28B3F3N6O4/c1-29(2,3)47-28(45)41-30(4,5)26-38-12-14(13-39-26)16-9-19-18(10-17(16)35)40-24-21-11-20(42(19)24)23-15(25(44)43(21)31(32,33)34)7-6-8-22(23)46-27(36)37/h6-10,12-13,20-21,27H,11H2,1-5H3,(H,41,45)/t20-,21-/m0/s1. The molecule has 2 aliphatic rings. The number of carbonyl (C=O) groups is 2. The number of carbonyl (C=O) groups excluding carboxylic acids is 2. The number of alkyl carbamates (subject to hydrolysis) is 1. The van der Waals surface area contributed by atoms with Gasteiger partial charge >= 0.3 is 12.7 Å². The van der Waals surface area contributed by atoms with E-state index >= 15 is 4.39 Å². The van der Waals surface area contributed by atoms with Gasteiger partial charge in [-0.2, -0.15) is 8.78 Å². The van der Waals surface area contributed by atoms with Crippen molar-refractivity contribution in [1.82, 2.24) is 29.7 Å². The first-order valence-corrected chi connectivity index (χ1v) is 14.7. The number of ether oxygens (including phenoxy) is 2. The van der Waals surface area contributed by atoms with Gasteiger partial charge in [-0.15, -0.1) is 0 Å². The Balaban J connectivity index is 1.45. The summed E-state index contributed by atoms with van der Waals surface area (Å²) in [5.41, 5.74) is -0.417. The second kappa shape index (κ2) is 11.1. The first kappa shape index (κ1) is 32.5. The van der Waals surface area contributed by atoms with E-state index in [9.17, 15) is 18.4 Å². The summed E-state index contributed by atoms with van der Waals surface area (Å²) in [6.45, 7) is 5.46. The number of halogens is 3. The molecule has 10 nitrogen and oxygen atoms in total. The maximum Gasteiger partial charge on any atom is 0.408 e. The van der Waals surface area contributed by atoms with Crippen LogP contribution >= 0.6 is 0 Å². The molecule has 236 valence electrons. The highest BCUT2D eigenvalue weighted by Crippen LogP contribution is 2.51. The number of fused-ring (bicyclic) bond motifs is 9. The van der Waals surface area contributed by atoms with Crippen LogP contribution in [0.25, 0.3) is 22.2 Å². The molecule has 0 unspecified atom stereocenters. The van der Waals surface area contributed by atoms with Crippen LogP contribution in [0.3, 0.4) is 0 Å². The summed E-state index contributed by atoms with van der Waals surface area (Å²) in [4.78, 5) is 40.6. The van der Waals surface area contributed by atoms with Crippen molar-refractivity contribution in [3.05, 3.63) is 71.3 Å². The lowest BCUT2D eigenvalue weighted by atomic mass is 9.48. The van der Waals surface area contributed by atoms with Gasteiger partial charge < -0.3 is 24.3 Å². The van der Waals surface area contributed by atoms with Crippen molar-refractivity contribution < 1.29 is 32.2 Å². The zero-order valence-corrected chi connectivity index (χ0v) is 26.2. The van der Waals surface area contributed by atoms with E-state index in [2.05, 4.69) is 20.3 Å². The van der Waals surface area contributed by atoms with E-state index in [4.69, 9.17) is 33.0 Å². The van der Waals surface area contributed by atoms with Crippen molar-refractivity contribution in [2.24, 2.45) is 0 Å². The second-order valence-electron chi connectivity index (χ2n) is 13.1. The fourth-order valence-corrected chi connectivity index (χ4v) is 6.20. The molecule has 2 aliphatic heterocycles. The van der Waals surface area contributed by atoms with Gasteiger partial charge in [-0.1, -0.05) is 11.3 Å². The van der Waals surface area contributed by atoms with Crippen molar-refractivity contribution in [1.29, 1.82) is 0 Å². The lowest BCUT2D eigenvalue weighted by Crippen LogP contribution is -2.54. The minimum atomic E-state index is -3.17. The van der Waals surface area contributed by atoms with Gasteiger partial charge in [-0.3, -0.25) is 4.79 Å². The lowest BCUT2D eigenvalue weighted by molar-refractivity contribution is -0.0507. The Morgan fingerprint density at radius 3 is 2.34 bits per heavy atom. The van der Waals surface area contributed by atoms with E-state index in [-0.39, 0.29) is 40.2 Å². The van der Waals surface area contributed by atoms with Crippen LogP contribution in [0, 0.1) is 5.82 Å². The van der Waals surface area contributed by atoms with Gasteiger partial charge in [0.05, 0.1) is 52.2 Å². The van der Waals surface area contributed by atoms with Gasteiger partial charge in [0, 0.05) is 47.1 Å². The third-order valence-electron chi connectivity index (χ3n) is 7.99. The molecule has 4 heterocycles. The normalized spacial score (nSPS) is 17.8. The SMILES string of the molecule is [B]C([B])([B])N1C(=O)c2cccc(OC(F)F)c2[C@@H]2C[C@H]1c1nc3cc(F)c(-c4cnc(C(C)(C)NC(=O)OC(C)(C)C)nc4)cc3n12. The van der Waals surface area contributed by atoms with E-state index in [0.717, 1.165) is 4.90 Å². The smallest absolute Gasteiger partial charge is 0.408 e. The molecule has 2 atom stereocenters. The Hall–Kier alpha value is -4.49. The molecule has 1 N–H and O–H groups in total. The molecule has 6 rings (SSSR count). The minimum Gasteiger partial charge on any atom is -0.444 e. The first-order chi connectivity index (χ1) is 21.9. The number of aromatic nitrogens is 4. The van der Waals surface area contributed by atoms with E-state index in [1.54, 1.807) is 45.3 Å². The van der Waals surface area contributed by atoms with Crippen molar-refractivity contribution >= 4 is 46.6 Å². The van der Waals surface area contributed by atoms with Crippen molar-refractivity contribution in [2.75, 3.05) is 0 Å². The number of imidazole rings is 1. The summed E-state index contributed by atoms with van der Waals surface area (Å²) in [5, 5.41) is 0.583. The molecular formula is C31H28B3F3N6O4. The molecule has 47 heavy (non-hydrogen) atoms. The maximum atomic E-state index is 15.7. The zero-order valence-electron chi connectivity index (χ0n) is 26.2. The van der Waals surface area contributed by atoms with E-state index in [0.29, 0.717) is 16.9 Å². The molecule has 2 amide bonds. The first-order valence-electron chi connectivity index (χ1n) is 14.7. The molecule has 0 saturated heterocycles. The summed E-state index contributed by atoms with van der Waals surface area (Å²) >= 11 is 0. The van der Waals surface area contributed by atoms with Crippen molar-refractivity contribution in [3.63, 3.8) is 0 Å². The third-order valence-corrected chi connectivity index (χ3v) is 7.99. The molecule has 2 aromatic carbocycles. The highest BCUT2D eigenvalue weighted by Gasteiger charge is 2.48. The highest BCUT2D eigenvalue weighted by atomic mass is 19.3. The maximum absolute atomic E-state index is 15.7. The fraction of sp³-hybridized carbons (Fsp3) is 0.387. The van der Waals surface area contributed by atoms with Crippen LogP contribution in [0.15, 0.2) is 42.7 Å².